The fraction of sp³-hybridized carbons (Fsp3) is 0.417. The molecule has 0 radical (unpaired) electrons. The highest BCUT2D eigenvalue weighted by molar-refractivity contribution is 6.32. The Balaban J connectivity index is 2.95. The van der Waals surface area contributed by atoms with Crippen LogP contribution in [0.15, 0.2) is 12.1 Å². The molecule has 0 saturated carbocycles. The molecule has 0 bridgehead atoms. The third kappa shape index (κ3) is 4.31. The standard InChI is InChI=1S/C12H12ClF3O3/c1-18-10-6-7(5-8(13)11(10)19-2)9(17)3-4-12(14,15)16/h5-6H,3-4H2,1-2H3. The number of ketones is 1. The SMILES string of the molecule is COc1cc(C(=O)CCC(F)(F)F)cc(Cl)c1OC. The van der Waals surface area contributed by atoms with Crippen LogP contribution in [0.5, 0.6) is 11.5 Å². The predicted molar refractivity (Wildman–Crippen MR) is 64.2 cm³/mol. The van der Waals surface area contributed by atoms with Gasteiger partial charge in [-0.05, 0) is 12.1 Å². The zero-order chi connectivity index (χ0) is 14.6. The van der Waals surface area contributed by atoms with Crippen molar-refractivity contribution >= 4 is 17.4 Å². The number of carbonyl (C=O) groups is 1. The lowest BCUT2D eigenvalue weighted by Gasteiger charge is -2.11. The van der Waals surface area contributed by atoms with E-state index in [1.807, 2.05) is 0 Å². The van der Waals surface area contributed by atoms with Crippen LogP contribution in [0, 0.1) is 0 Å². The van der Waals surface area contributed by atoms with E-state index in [0.29, 0.717) is 0 Å². The molecule has 1 rings (SSSR count). The van der Waals surface area contributed by atoms with E-state index < -0.39 is 24.8 Å². The van der Waals surface area contributed by atoms with Gasteiger partial charge >= 0.3 is 6.18 Å². The van der Waals surface area contributed by atoms with Crippen molar-refractivity contribution in [2.45, 2.75) is 19.0 Å². The third-order valence-corrected chi connectivity index (χ3v) is 2.67. The van der Waals surface area contributed by atoms with Crippen molar-refractivity contribution in [1.82, 2.24) is 0 Å². The number of hydrogen-bond acceptors (Lipinski definition) is 3. The van der Waals surface area contributed by atoms with Crippen molar-refractivity contribution in [3.05, 3.63) is 22.7 Å². The van der Waals surface area contributed by atoms with Crippen molar-refractivity contribution in [2.24, 2.45) is 0 Å². The zero-order valence-corrected chi connectivity index (χ0v) is 11.1. The molecule has 1 aromatic carbocycles. The molecule has 0 heterocycles. The minimum Gasteiger partial charge on any atom is -0.493 e. The summed E-state index contributed by atoms with van der Waals surface area (Å²) in [7, 11) is 2.72. The average molecular weight is 297 g/mol. The Bertz CT molecular complexity index is 472. The van der Waals surface area contributed by atoms with Crippen molar-refractivity contribution in [3.63, 3.8) is 0 Å². The van der Waals surface area contributed by atoms with Gasteiger partial charge in [-0.2, -0.15) is 13.2 Å². The number of rotatable bonds is 5. The van der Waals surface area contributed by atoms with Gasteiger partial charge in [-0.3, -0.25) is 4.79 Å². The van der Waals surface area contributed by atoms with Crippen molar-refractivity contribution < 1.29 is 27.4 Å². The Morgan fingerprint density at radius 3 is 2.37 bits per heavy atom. The maximum absolute atomic E-state index is 12.1. The minimum atomic E-state index is -4.37. The number of alkyl halides is 3. The van der Waals surface area contributed by atoms with Gasteiger partial charge in [0, 0.05) is 12.0 Å². The molecule has 106 valence electrons. The maximum atomic E-state index is 12.1. The molecule has 1 aromatic rings. The molecule has 0 aliphatic heterocycles. The van der Waals surface area contributed by atoms with Crippen LogP contribution < -0.4 is 9.47 Å². The topological polar surface area (TPSA) is 35.5 Å². The first-order valence-electron chi connectivity index (χ1n) is 5.30. The number of Topliss-reactive ketones (excluding diaryl/α,β-unsaturated/α-hetero) is 1. The summed E-state index contributed by atoms with van der Waals surface area (Å²) in [5, 5.41) is 0.109. The van der Waals surface area contributed by atoms with E-state index in [-0.39, 0.29) is 22.1 Å². The first-order valence-corrected chi connectivity index (χ1v) is 5.67. The lowest BCUT2D eigenvalue weighted by atomic mass is 10.1. The summed E-state index contributed by atoms with van der Waals surface area (Å²) >= 11 is 5.87. The van der Waals surface area contributed by atoms with E-state index in [2.05, 4.69) is 0 Å². The molecule has 0 atom stereocenters. The Kier molecular flexibility index (Phi) is 5.05. The summed E-state index contributed by atoms with van der Waals surface area (Å²) in [6, 6.07) is 2.57. The largest absolute Gasteiger partial charge is 0.493 e. The van der Waals surface area contributed by atoms with Crippen LogP contribution in [0.1, 0.15) is 23.2 Å². The fourth-order valence-corrected chi connectivity index (χ4v) is 1.77. The van der Waals surface area contributed by atoms with Gasteiger partial charge in [-0.25, -0.2) is 0 Å². The first-order chi connectivity index (χ1) is 8.78. The van der Waals surface area contributed by atoms with Crippen LogP contribution in [0.3, 0.4) is 0 Å². The Morgan fingerprint density at radius 2 is 1.89 bits per heavy atom. The normalized spacial score (nSPS) is 11.3. The molecule has 3 nitrogen and oxygen atoms in total. The third-order valence-electron chi connectivity index (χ3n) is 2.39. The Labute approximate surface area is 113 Å². The highest BCUT2D eigenvalue weighted by atomic mass is 35.5. The molecule has 0 spiro atoms. The molecule has 0 unspecified atom stereocenters. The molecule has 7 heteroatoms. The van der Waals surface area contributed by atoms with Crippen molar-refractivity contribution in [1.29, 1.82) is 0 Å². The van der Waals surface area contributed by atoms with E-state index in [1.165, 1.54) is 26.4 Å². The van der Waals surface area contributed by atoms with Crippen LogP contribution in [0.4, 0.5) is 13.2 Å². The molecule has 0 aliphatic rings. The second kappa shape index (κ2) is 6.14. The summed E-state index contributed by atoms with van der Waals surface area (Å²) < 4.78 is 46.1. The van der Waals surface area contributed by atoms with Crippen LogP contribution >= 0.6 is 11.6 Å². The number of halogens is 4. The van der Waals surface area contributed by atoms with E-state index >= 15 is 0 Å². The predicted octanol–water partition coefficient (Wildman–Crippen LogP) is 3.88. The summed E-state index contributed by atoms with van der Waals surface area (Å²) in [6.45, 7) is 0. The molecule has 0 saturated heterocycles. The average Bonchev–Trinajstić information content (AvgIpc) is 2.33. The monoisotopic (exact) mass is 296 g/mol. The van der Waals surface area contributed by atoms with Gasteiger partial charge in [-0.1, -0.05) is 11.6 Å². The smallest absolute Gasteiger partial charge is 0.389 e. The second-order valence-corrected chi connectivity index (χ2v) is 4.14. The van der Waals surface area contributed by atoms with Crippen molar-refractivity contribution in [3.8, 4) is 11.5 Å². The van der Waals surface area contributed by atoms with Gasteiger partial charge in [0.15, 0.2) is 17.3 Å². The summed E-state index contributed by atoms with van der Waals surface area (Å²) in [4.78, 5) is 11.7. The lowest BCUT2D eigenvalue weighted by molar-refractivity contribution is -0.133. The van der Waals surface area contributed by atoms with Crippen LogP contribution in [0.2, 0.25) is 5.02 Å². The molecule has 0 amide bonds. The number of hydrogen-bond donors (Lipinski definition) is 0. The van der Waals surface area contributed by atoms with Crippen LogP contribution in [-0.4, -0.2) is 26.2 Å². The molecular formula is C12H12ClF3O3. The van der Waals surface area contributed by atoms with Gasteiger partial charge in [0.1, 0.15) is 0 Å². The van der Waals surface area contributed by atoms with Gasteiger partial charge in [0.05, 0.1) is 25.7 Å². The highest BCUT2D eigenvalue weighted by Crippen LogP contribution is 2.36. The van der Waals surface area contributed by atoms with Crippen LogP contribution in [0.25, 0.3) is 0 Å². The maximum Gasteiger partial charge on any atom is 0.389 e. The number of benzene rings is 1. The molecular weight excluding hydrogens is 285 g/mol. The molecule has 19 heavy (non-hydrogen) atoms. The van der Waals surface area contributed by atoms with E-state index in [1.54, 1.807) is 0 Å². The molecule has 0 fully saturated rings. The molecule has 0 N–H and O–H groups in total. The first kappa shape index (κ1) is 15.6. The highest BCUT2D eigenvalue weighted by Gasteiger charge is 2.28. The Morgan fingerprint density at radius 1 is 1.26 bits per heavy atom. The number of methoxy groups -OCH3 is 2. The van der Waals surface area contributed by atoms with Crippen molar-refractivity contribution in [2.75, 3.05) is 14.2 Å². The lowest BCUT2D eigenvalue weighted by Crippen LogP contribution is -2.11. The Hall–Kier alpha value is -1.43. The summed E-state index contributed by atoms with van der Waals surface area (Å²) in [5.41, 5.74) is 0.0619. The van der Waals surface area contributed by atoms with E-state index in [4.69, 9.17) is 21.1 Å². The second-order valence-electron chi connectivity index (χ2n) is 3.73. The zero-order valence-electron chi connectivity index (χ0n) is 10.3. The summed E-state index contributed by atoms with van der Waals surface area (Å²) in [6.07, 6.45) is -6.16. The number of carbonyl (C=O) groups excluding carboxylic acids is 1. The van der Waals surface area contributed by atoms with Gasteiger partial charge in [0.25, 0.3) is 0 Å². The molecule has 0 aromatic heterocycles. The van der Waals surface area contributed by atoms with E-state index in [0.717, 1.165) is 0 Å². The molecule has 0 aliphatic carbocycles. The van der Waals surface area contributed by atoms with Gasteiger partial charge in [-0.15, -0.1) is 0 Å². The van der Waals surface area contributed by atoms with E-state index in [9.17, 15) is 18.0 Å². The van der Waals surface area contributed by atoms with Crippen LogP contribution in [-0.2, 0) is 0 Å². The number of ether oxygens (including phenoxy) is 2. The quantitative estimate of drug-likeness (QED) is 0.774. The van der Waals surface area contributed by atoms with Gasteiger partial charge < -0.3 is 9.47 Å². The fourth-order valence-electron chi connectivity index (χ4n) is 1.48. The summed E-state index contributed by atoms with van der Waals surface area (Å²) in [5.74, 6) is -0.220. The van der Waals surface area contributed by atoms with Gasteiger partial charge in [0.2, 0.25) is 0 Å². The minimum absolute atomic E-state index is 0.0619.